The van der Waals surface area contributed by atoms with Gasteiger partial charge >= 0.3 is 6.18 Å². The lowest BCUT2D eigenvalue weighted by atomic mass is 9.92. The molecule has 0 amide bonds. The molecule has 0 aliphatic heterocycles. The van der Waals surface area contributed by atoms with E-state index < -0.39 is 18.4 Å². The number of aryl methyl sites for hydroxylation is 1. The van der Waals surface area contributed by atoms with Crippen molar-refractivity contribution in [2.24, 2.45) is 5.92 Å². The highest BCUT2D eigenvalue weighted by Crippen LogP contribution is 2.36. The number of hydrogen-bond acceptors (Lipinski definition) is 4. The Balaban J connectivity index is 1.54. The zero-order chi connectivity index (χ0) is 28.6. The molecule has 1 heterocycles. The molecule has 40 heavy (non-hydrogen) atoms. The number of alkyl halides is 3. The number of Topliss-reactive ketones (excluding diaryl/α,β-unsaturated/α-hetero) is 1. The Morgan fingerprint density at radius 2 is 1.90 bits per heavy atom. The van der Waals surface area contributed by atoms with Gasteiger partial charge in [0.15, 0.2) is 17.3 Å². The second-order valence-electron chi connectivity index (χ2n) is 10.5. The first kappa shape index (κ1) is 27.7. The van der Waals surface area contributed by atoms with Crippen molar-refractivity contribution in [2.45, 2.75) is 51.6 Å². The molecule has 1 saturated carbocycles. The van der Waals surface area contributed by atoms with Crippen molar-refractivity contribution in [1.82, 2.24) is 9.55 Å². The van der Waals surface area contributed by atoms with E-state index in [0.29, 0.717) is 40.2 Å². The predicted octanol–water partition coefficient (Wildman–Crippen LogP) is 7.98. The summed E-state index contributed by atoms with van der Waals surface area (Å²) in [6.07, 6.45) is -0.891. The third kappa shape index (κ3) is 5.98. The number of rotatable bonds is 10. The average Bonchev–Trinajstić information content (AvgIpc) is 3.61. The summed E-state index contributed by atoms with van der Waals surface area (Å²) in [4.78, 5) is 17.2. The minimum atomic E-state index is -4.30. The number of carbonyl (C=O) groups excluding carboxylic acids is 1. The number of anilines is 1. The van der Waals surface area contributed by atoms with E-state index in [1.807, 2.05) is 42.7 Å². The quantitative estimate of drug-likeness (QED) is 0.160. The molecule has 9 heteroatoms. The van der Waals surface area contributed by atoms with Gasteiger partial charge in [0.25, 0.3) is 0 Å². The lowest BCUT2D eigenvalue weighted by Gasteiger charge is -2.17. The molecule has 3 aromatic carbocycles. The first-order chi connectivity index (χ1) is 19.0. The Bertz CT molecular complexity index is 1560. The largest absolute Gasteiger partial charge is 0.494 e. The van der Waals surface area contributed by atoms with Gasteiger partial charge in [-0.1, -0.05) is 13.0 Å². The Morgan fingerprint density at radius 3 is 2.55 bits per heavy atom. The van der Waals surface area contributed by atoms with Gasteiger partial charge in [0.05, 0.1) is 24.7 Å². The fraction of sp³-hybridized carbons (Fsp3) is 0.355. The summed E-state index contributed by atoms with van der Waals surface area (Å²) in [5.41, 5.74) is 5.47. The minimum absolute atomic E-state index is 0.133. The second-order valence-corrected chi connectivity index (χ2v) is 10.5. The summed E-state index contributed by atoms with van der Waals surface area (Å²) in [6, 6.07) is 14.0. The van der Waals surface area contributed by atoms with Crippen LogP contribution in [0.3, 0.4) is 0 Å². The second kappa shape index (κ2) is 10.9. The molecule has 0 saturated heterocycles. The van der Waals surface area contributed by atoms with Crippen LogP contribution in [-0.2, 0) is 0 Å². The molecule has 1 unspecified atom stereocenters. The van der Waals surface area contributed by atoms with Gasteiger partial charge in [-0.25, -0.2) is 9.37 Å². The molecule has 5 rings (SSSR count). The third-order valence-corrected chi connectivity index (χ3v) is 7.53. The van der Waals surface area contributed by atoms with Crippen LogP contribution in [0.2, 0.25) is 0 Å². The summed E-state index contributed by atoms with van der Waals surface area (Å²) in [5, 5.41) is 2.91. The van der Waals surface area contributed by atoms with Crippen LogP contribution in [-0.4, -0.2) is 35.2 Å². The van der Waals surface area contributed by atoms with Crippen molar-refractivity contribution in [3.05, 3.63) is 82.9 Å². The van der Waals surface area contributed by atoms with Gasteiger partial charge in [-0.3, -0.25) is 9.36 Å². The van der Waals surface area contributed by atoms with Crippen molar-refractivity contribution in [2.75, 3.05) is 19.0 Å². The number of carbonyl (C=O) groups is 1. The van der Waals surface area contributed by atoms with Crippen LogP contribution in [0.15, 0.2) is 54.9 Å². The minimum Gasteiger partial charge on any atom is -0.494 e. The van der Waals surface area contributed by atoms with E-state index in [4.69, 9.17) is 4.74 Å². The van der Waals surface area contributed by atoms with Crippen LogP contribution in [0, 0.1) is 18.7 Å². The molecular formula is C31H31F4N3O2. The normalized spacial score (nSPS) is 14.4. The lowest BCUT2D eigenvalue weighted by Crippen LogP contribution is -2.15. The number of ketones is 1. The van der Waals surface area contributed by atoms with Crippen LogP contribution in [0.1, 0.15) is 65.6 Å². The van der Waals surface area contributed by atoms with Crippen molar-refractivity contribution in [3.8, 4) is 11.4 Å². The molecule has 1 aromatic heterocycles. The Labute approximate surface area is 230 Å². The van der Waals surface area contributed by atoms with Gasteiger partial charge in [0.2, 0.25) is 0 Å². The number of nitrogens with zero attached hydrogens (tertiary/aromatic N) is 2. The number of benzene rings is 3. The van der Waals surface area contributed by atoms with Gasteiger partial charge in [-0.2, -0.15) is 13.2 Å². The summed E-state index contributed by atoms with van der Waals surface area (Å²) in [5.74, 6) is -0.00441. The predicted molar refractivity (Wildman–Crippen MR) is 147 cm³/mol. The summed E-state index contributed by atoms with van der Waals surface area (Å²) >= 11 is 0. The Hall–Kier alpha value is -3.88. The van der Waals surface area contributed by atoms with Crippen LogP contribution >= 0.6 is 0 Å². The maximum absolute atomic E-state index is 14.5. The van der Waals surface area contributed by atoms with Crippen LogP contribution in [0.5, 0.6) is 5.75 Å². The highest BCUT2D eigenvalue weighted by molar-refractivity contribution is 5.98. The van der Waals surface area contributed by atoms with Gasteiger partial charge in [0, 0.05) is 30.1 Å². The van der Waals surface area contributed by atoms with Crippen molar-refractivity contribution >= 4 is 22.5 Å². The number of halogens is 4. The Kier molecular flexibility index (Phi) is 7.57. The average molecular weight is 554 g/mol. The fourth-order valence-corrected chi connectivity index (χ4v) is 5.02. The van der Waals surface area contributed by atoms with Gasteiger partial charge in [-0.05, 0) is 84.8 Å². The molecule has 4 aromatic rings. The van der Waals surface area contributed by atoms with Gasteiger partial charge in [-0.15, -0.1) is 0 Å². The molecule has 1 aliphatic rings. The monoisotopic (exact) mass is 553 g/mol. The molecule has 210 valence electrons. The van der Waals surface area contributed by atoms with Gasteiger partial charge < -0.3 is 10.1 Å². The first-order valence-electron chi connectivity index (χ1n) is 13.3. The smallest absolute Gasteiger partial charge is 0.390 e. The number of nitrogens with one attached hydrogen (secondary N) is 1. The maximum Gasteiger partial charge on any atom is 0.390 e. The molecule has 1 atom stereocenters. The molecule has 1 aliphatic carbocycles. The third-order valence-electron chi connectivity index (χ3n) is 7.53. The van der Waals surface area contributed by atoms with Gasteiger partial charge in [0.1, 0.15) is 11.8 Å². The van der Waals surface area contributed by atoms with E-state index in [2.05, 4.69) is 10.3 Å². The topological polar surface area (TPSA) is 56.1 Å². The fourth-order valence-electron chi connectivity index (χ4n) is 5.02. The number of imidazole rings is 1. The number of fused-ring (bicyclic) bond motifs is 1. The first-order valence-corrected chi connectivity index (χ1v) is 13.3. The molecule has 0 radical (unpaired) electrons. The SMILES string of the molecule is COc1ccc(C(C)c2cc(NCCC(F)(F)F)c3ncn(-c4ccc(C(=O)CC5CC5)c(C)c4)c3c2)cc1F. The number of methoxy groups -OCH3 is 1. The molecule has 5 nitrogen and oxygen atoms in total. The maximum atomic E-state index is 14.5. The summed E-state index contributed by atoms with van der Waals surface area (Å²) < 4.78 is 60.1. The number of hydrogen-bond donors (Lipinski definition) is 1. The Morgan fingerprint density at radius 1 is 1.12 bits per heavy atom. The van der Waals surface area contributed by atoms with Crippen LogP contribution < -0.4 is 10.1 Å². The van der Waals surface area contributed by atoms with E-state index in [1.54, 1.807) is 24.5 Å². The zero-order valence-electron chi connectivity index (χ0n) is 22.6. The lowest BCUT2D eigenvalue weighted by molar-refractivity contribution is -0.131. The van der Waals surface area contributed by atoms with Crippen molar-refractivity contribution in [1.29, 1.82) is 0 Å². The van der Waals surface area contributed by atoms with Crippen LogP contribution in [0.25, 0.3) is 16.7 Å². The molecular weight excluding hydrogens is 522 g/mol. The van der Waals surface area contributed by atoms with E-state index in [9.17, 15) is 22.4 Å². The standard InChI is InChI=1S/C31H31F4N3O2/c1-18-12-23(7-8-24(18)28(39)13-20-4-5-20)38-17-37-30-26(36-11-10-31(33,34)35)15-22(16-27(30)38)19(2)21-6-9-29(40-3)25(32)14-21/h6-9,12,14-17,19-20,36H,4-5,10-11,13H2,1-3H3. The summed E-state index contributed by atoms with van der Waals surface area (Å²) in [7, 11) is 1.40. The molecule has 0 spiro atoms. The summed E-state index contributed by atoms with van der Waals surface area (Å²) in [6.45, 7) is 3.50. The molecule has 0 bridgehead atoms. The molecule has 1 fully saturated rings. The number of ether oxygens (including phenoxy) is 1. The highest BCUT2D eigenvalue weighted by Gasteiger charge is 2.27. The van der Waals surface area contributed by atoms with E-state index in [0.717, 1.165) is 29.7 Å². The van der Waals surface area contributed by atoms with E-state index >= 15 is 0 Å². The van der Waals surface area contributed by atoms with Crippen molar-refractivity contribution in [3.63, 3.8) is 0 Å². The van der Waals surface area contributed by atoms with Crippen LogP contribution in [0.4, 0.5) is 23.2 Å². The van der Waals surface area contributed by atoms with E-state index in [-0.39, 0.29) is 24.0 Å². The molecule has 1 N–H and O–H groups in total. The van der Waals surface area contributed by atoms with E-state index in [1.165, 1.54) is 13.2 Å². The number of aromatic nitrogens is 2. The van der Waals surface area contributed by atoms with Crippen molar-refractivity contribution < 1.29 is 27.1 Å². The highest BCUT2D eigenvalue weighted by atomic mass is 19.4. The zero-order valence-corrected chi connectivity index (χ0v) is 22.6.